The number of nitrogens with one attached hydrogen (secondary N) is 1. The molecule has 0 bridgehead atoms. The zero-order valence-corrected chi connectivity index (χ0v) is 11.7. The second-order valence-corrected chi connectivity index (χ2v) is 5.54. The molecule has 2 heterocycles. The van der Waals surface area contributed by atoms with Crippen molar-refractivity contribution in [3.05, 3.63) is 46.4 Å². The smallest absolute Gasteiger partial charge is 0.270 e. The van der Waals surface area contributed by atoms with Crippen LogP contribution in [0.2, 0.25) is 0 Å². The number of nitrogens with zero attached hydrogens (tertiary/aromatic N) is 1. The minimum Gasteiger partial charge on any atom is -0.396 e. The van der Waals surface area contributed by atoms with E-state index in [9.17, 15) is 14.7 Å². The Morgan fingerprint density at radius 1 is 1.38 bits per heavy atom. The summed E-state index contributed by atoms with van der Waals surface area (Å²) in [5.41, 5.74) is 0.0736. The molecule has 1 aromatic heterocycles. The molecular weight excluding hydrogens is 268 g/mol. The van der Waals surface area contributed by atoms with Crippen LogP contribution in [-0.2, 0) is 0 Å². The zero-order chi connectivity index (χ0) is 14.8. The summed E-state index contributed by atoms with van der Waals surface area (Å²) in [7, 11) is 0. The lowest BCUT2D eigenvalue weighted by Crippen LogP contribution is -2.41. The predicted molar refractivity (Wildman–Crippen MR) is 80.3 cm³/mol. The summed E-state index contributed by atoms with van der Waals surface area (Å²) in [5.74, 6) is -0.0362. The summed E-state index contributed by atoms with van der Waals surface area (Å²) in [6.07, 6.45) is 1.82. The highest BCUT2D eigenvalue weighted by molar-refractivity contribution is 5.96. The lowest BCUT2D eigenvalue weighted by molar-refractivity contribution is 0.0615. The van der Waals surface area contributed by atoms with Crippen LogP contribution < -0.4 is 5.56 Å². The number of hydrogen-bond acceptors (Lipinski definition) is 3. The topological polar surface area (TPSA) is 73.4 Å². The van der Waals surface area contributed by atoms with Gasteiger partial charge in [-0.25, -0.2) is 0 Å². The molecule has 2 N–H and O–H groups in total. The SMILES string of the molecule is O=C(c1cc2ccccc2c(=O)[nH]1)N1CCCC(CO)C1. The van der Waals surface area contributed by atoms with Gasteiger partial charge in [0.05, 0.1) is 0 Å². The maximum absolute atomic E-state index is 12.5. The van der Waals surface area contributed by atoms with Gasteiger partial charge in [-0.1, -0.05) is 18.2 Å². The predicted octanol–water partition coefficient (Wildman–Crippen LogP) is 1.37. The Balaban J connectivity index is 1.93. The van der Waals surface area contributed by atoms with E-state index in [-0.39, 0.29) is 24.0 Å². The highest BCUT2D eigenvalue weighted by Crippen LogP contribution is 2.18. The minimum absolute atomic E-state index is 0.0953. The van der Waals surface area contributed by atoms with Crippen molar-refractivity contribution in [3.8, 4) is 0 Å². The van der Waals surface area contributed by atoms with Crippen molar-refractivity contribution < 1.29 is 9.90 Å². The van der Waals surface area contributed by atoms with Crippen LogP contribution in [0.5, 0.6) is 0 Å². The number of aromatic nitrogens is 1. The molecule has 0 spiro atoms. The number of piperidine rings is 1. The van der Waals surface area contributed by atoms with Crippen LogP contribution in [0.15, 0.2) is 35.1 Å². The molecule has 5 nitrogen and oxygen atoms in total. The Hall–Kier alpha value is -2.14. The molecule has 5 heteroatoms. The number of aliphatic hydroxyl groups is 1. The number of hydrogen-bond donors (Lipinski definition) is 2. The van der Waals surface area contributed by atoms with Gasteiger partial charge < -0.3 is 15.0 Å². The second kappa shape index (κ2) is 5.69. The summed E-state index contributed by atoms with van der Waals surface area (Å²) in [6.45, 7) is 1.31. The van der Waals surface area contributed by atoms with E-state index >= 15 is 0 Å². The van der Waals surface area contributed by atoms with Gasteiger partial charge in [-0.05, 0) is 36.3 Å². The van der Waals surface area contributed by atoms with E-state index in [4.69, 9.17) is 0 Å². The fourth-order valence-electron chi connectivity index (χ4n) is 2.89. The van der Waals surface area contributed by atoms with Crippen LogP contribution >= 0.6 is 0 Å². The molecule has 1 atom stereocenters. The average molecular weight is 286 g/mol. The van der Waals surface area contributed by atoms with Gasteiger partial charge in [-0.3, -0.25) is 9.59 Å². The molecule has 21 heavy (non-hydrogen) atoms. The molecule has 1 amide bonds. The highest BCUT2D eigenvalue weighted by atomic mass is 16.3. The molecule has 0 radical (unpaired) electrons. The maximum Gasteiger partial charge on any atom is 0.270 e. The number of rotatable bonds is 2. The van der Waals surface area contributed by atoms with E-state index in [0.29, 0.717) is 24.2 Å². The quantitative estimate of drug-likeness (QED) is 0.875. The van der Waals surface area contributed by atoms with Crippen LogP contribution in [0.25, 0.3) is 10.8 Å². The average Bonchev–Trinajstić information content (AvgIpc) is 2.54. The van der Waals surface area contributed by atoms with E-state index in [1.54, 1.807) is 23.1 Å². The zero-order valence-electron chi connectivity index (χ0n) is 11.7. The molecule has 1 unspecified atom stereocenters. The van der Waals surface area contributed by atoms with Crippen LogP contribution in [0.3, 0.4) is 0 Å². The fraction of sp³-hybridized carbons (Fsp3) is 0.375. The maximum atomic E-state index is 12.5. The third-order valence-corrected chi connectivity index (χ3v) is 4.05. The largest absolute Gasteiger partial charge is 0.396 e. The molecule has 110 valence electrons. The number of carbonyl (C=O) groups excluding carboxylic acids is 1. The summed E-state index contributed by atoms with van der Waals surface area (Å²) >= 11 is 0. The Bertz CT molecular complexity index is 723. The normalized spacial score (nSPS) is 18.9. The molecular formula is C16H18N2O3. The van der Waals surface area contributed by atoms with E-state index in [1.807, 2.05) is 12.1 Å². The molecule has 0 aliphatic carbocycles. The first-order valence-corrected chi connectivity index (χ1v) is 7.21. The molecule has 0 saturated carbocycles. The highest BCUT2D eigenvalue weighted by Gasteiger charge is 2.24. The number of H-pyrrole nitrogens is 1. The fourth-order valence-corrected chi connectivity index (χ4v) is 2.89. The van der Waals surface area contributed by atoms with Crippen LogP contribution in [0, 0.1) is 5.92 Å². The van der Waals surface area contributed by atoms with Gasteiger partial charge >= 0.3 is 0 Å². The van der Waals surface area contributed by atoms with Crippen molar-refractivity contribution in [3.63, 3.8) is 0 Å². The lowest BCUT2D eigenvalue weighted by Gasteiger charge is -2.31. The lowest BCUT2D eigenvalue weighted by atomic mass is 9.98. The van der Waals surface area contributed by atoms with Gasteiger partial charge in [-0.15, -0.1) is 0 Å². The number of aliphatic hydroxyl groups excluding tert-OH is 1. The summed E-state index contributed by atoms with van der Waals surface area (Å²) in [5, 5.41) is 10.6. The Morgan fingerprint density at radius 2 is 2.19 bits per heavy atom. The summed E-state index contributed by atoms with van der Waals surface area (Å²) in [6, 6.07) is 8.94. The van der Waals surface area contributed by atoms with Crippen LogP contribution in [-0.4, -0.2) is 40.6 Å². The first kappa shape index (κ1) is 13.8. The van der Waals surface area contributed by atoms with Crippen LogP contribution in [0.1, 0.15) is 23.3 Å². The Labute approximate surface area is 122 Å². The summed E-state index contributed by atoms with van der Waals surface area (Å²) < 4.78 is 0. The van der Waals surface area contributed by atoms with Crippen molar-refractivity contribution in [2.75, 3.05) is 19.7 Å². The van der Waals surface area contributed by atoms with Gasteiger partial charge in [0.1, 0.15) is 5.69 Å². The molecule has 1 saturated heterocycles. The monoisotopic (exact) mass is 286 g/mol. The van der Waals surface area contributed by atoms with Gasteiger partial charge in [-0.2, -0.15) is 0 Å². The first-order chi connectivity index (χ1) is 10.2. The van der Waals surface area contributed by atoms with Gasteiger partial charge in [0.15, 0.2) is 0 Å². The van der Waals surface area contributed by atoms with Crippen molar-refractivity contribution in [1.29, 1.82) is 0 Å². The van der Waals surface area contributed by atoms with Crippen molar-refractivity contribution in [1.82, 2.24) is 9.88 Å². The number of fused-ring (bicyclic) bond motifs is 1. The standard InChI is InChI=1S/C16H18N2O3/c19-10-11-4-3-7-18(9-11)16(21)14-8-12-5-1-2-6-13(12)15(20)17-14/h1-2,5-6,8,11,19H,3-4,7,9-10H2,(H,17,20). The first-order valence-electron chi connectivity index (χ1n) is 7.21. The summed E-state index contributed by atoms with van der Waals surface area (Å²) in [4.78, 5) is 29.0. The van der Waals surface area contributed by atoms with E-state index in [0.717, 1.165) is 18.2 Å². The molecule has 2 aromatic rings. The Kier molecular flexibility index (Phi) is 3.75. The minimum atomic E-state index is -0.243. The number of likely N-dealkylation sites (tertiary alicyclic amines) is 1. The number of amides is 1. The van der Waals surface area contributed by atoms with Gasteiger partial charge in [0.2, 0.25) is 0 Å². The number of pyridine rings is 1. The molecule has 1 aliphatic heterocycles. The third-order valence-electron chi connectivity index (χ3n) is 4.05. The van der Waals surface area contributed by atoms with E-state index in [1.165, 1.54) is 0 Å². The number of aromatic amines is 1. The van der Waals surface area contributed by atoms with Gasteiger partial charge in [0.25, 0.3) is 11.5 Å². The van der Waals surface area contributed by atoms with Crippen molar-refractivity contribution in [2.24, 2.45) is 5.92 Å². The third kappa shape index (κ3) is 2.69. The molecule has 1 aliphatic rings. The van der Waals surface area contributed by atoms with Crippen molar-refractivity contribution in [2.45, 2.75) is 12.8 Å². The molecule has 1 aromatic carbocycles. The van der Waals surface area contributed by atoms with Crippen molar-refractivity contribution >= 4 is 16.7 Å². The number of carbonyl (C=O) groups is 1. The Morgan fingerprint density at radius 3 is 3.00 bits per heavy atom. The molecule has 3 rings (SSSR count). The number of benzene rings is 1. The molecule has 1 fully saturated rings. The second-order valence-electron chi connectivity index (χ2n) is 5.54. The van der Waals surface area contributed by atoms with E-state index in [2.05, 4.69) is 4.98 Å². The van der Waals surface area contributed by atoms with Crippen LogP contribution in [0.4, 0.5) is 0 Å². The van der Waals surface area contributed by atoms with E-state index < -0.39 is 0 Å². The van der Waals surface area contributed by atoms with Gasteiger partial charge in [0, 0.05) is 25.1 Å².